The Hall–Kier alpha value is -1.39. The number of nitrogens with one attached hydrogen (secondary N) is 2. The van der Waals surface area contributed by atoms with Gasteiger partial charge in [-0.05, 0) is 18.1 Å². The van der Waals surface area contributed by atoms with Gasteiger partial charge in [0.1, 0.15) is 0 Å². The van der Waals surface area contributed by atoms with Crippen LogP contribution >= 0.6 is 0 Å². The molecule has 2 N–H and O–H groups in total. The van der Waals surface area contributed by atoms with Crippen LogP contribution in [-0.4, -0.2) is 25.6 Å². The van der Waals surface area contributed by atoms with Crippen molar-refractivity contribution in [3.05, 3.63) is 35.4 Å². The molecule has 0 spiro atoms. The minimum absolute atomic E-state index is 0.0237. The van der Waals surface area contributed by atoms with Gasteiger partial charge >= 0.3 is 0 Å². The number of carbonyl (C=O) groups excluding carboxylic acids is 1. The van der Waals surface area contributed by atoms with Gasteiger partial charge in [0.15, 0.2) is 0 Å². The van der Waals surface area contributed by atoms with Crippen LogP contribution in [0.2, 0.25) is 0 Å². The second-order valence-electron chi connectivity index (χ2n) is 4.10. The van der Waals surface area contributed by atoms with Gasteiger partial charge in [-0.1, -0.05) is 24.3 Å². The standard InChI is InChI=1S/C13H18N2O2/c1-2-14-13(16)7-15-12-9-17-8-10-5-3-4-6-11(10)12/h3-6,12,15H,2,7-9H2,1H3,(H,14,16). The lowest BCUT2D eigenvalue weighted by Gasteiger charge is -2.26. The van der Waals surface area contributed by atoms with E-state index in [1.807, 2.05) is 19.1 Å². The molecule has 1 atom stereocenters. The molecule has 1 aromatic carbocycles. The Bertz CT molecular complexity index is 393. The van der Waals surface area contributed by atoms with Crippen LogP contribution in [0.5, 0.6) is 0 Å². The fraction of sp³-hybridized carbons (Fsp3) is 0.462. The molecule has 1 aliphatic heterocycles. The molecule has 92 valence electrons. The van der Waals surface area contributed by atoms with Gasteiger partial charge in [0, 0.05) is 6.54 Å². The minimum atomic E-state index is 0.0237. The maximum atomic E-state index is 11.4. The van der Waals surface area contributed by atoms with Gasteiger partial charge in [-0.25, -0.2) is 0 Å². The SMILES string of the molecule is CCNC(=O)CNC1COCc2ccccc21. The summed E-state index contributed by atoms with van der Waals surface area (Å²) >= 11 is 0. The number of rotatable bonds is 4. The topological polar surface area (TPSA) is 50.4 Å². The molecule has 17 heavy (non-hydrogen) atoms. The van der Waals surface area contributed by atoms with E-state index < -0.39 is 0 Å². The third-order valence-corrected chi connectivity index (χ3v) is 2.86. The van der Waals surface area contributed by atoms with Crippen LogP contribution in [0.15, 0.2) is 24.3 Å². The van der Waals surface area contributed by atoms with E-state index in [0.717, 1.165) is 0 Å². The zero-order valence-corrected chi connectivity index (χ0v) is 10.0. The van der Waals surface area contributed by atoms with Crippen molar-refractivity contribution in [3.8, 4) is 0 Å². The number of hydrogen-bond donors (Lipinski definition) is 2. The third kappa shape index (κ3) is 3.05. The van der Waals surface area contributed by atoms with Crippen LogP contribution in [0, 0.1) is 0 Å². The highest BCUT2D eigenvalue weighted by atomic mass is 16.5. The number of ether oxygens (including phenoxy) is 1. The number of hydrogen-bond acceptors (Lipinski definition) is 3. The van der Waals surface area contributed by atoms with Gasteiger partial charge in [-0.2, -0.15) is 0 Å². The highest BCUT2D eigenvalue weighted by Gasteiger charge is 2.20. The lowest BCUT2D eigenvalue weighted by atomic mass is 9.99. The summed E-state index contributed by atoms with van der Waals surface area (Å²) in [6.45, 7) is 4.19. The van der Waals surface area contributed by atoms with Crippen molar-refractivity contribution >= 4 is 5.91 Å². The summed E-state index contributed by atoms with van der Waals surface area (Å²) in [5.41, 5.74) is 2.44. The average Bonchev–Trinajstić information content (AvgIpc) is 2.36. The molecule has 0 aliphatic carbocycles. The summed E-state index contributed by atoms with van der Waals surface area (Å²) in [7, 11) is 0. The normalized spacial score (nSPS) is 18.5. The Morgan fingerprint density at radius 1 is 1.47 bits per heavy atom. The molecule has 0 aromatic heterocycles. The molecule has 2 rings (SSSR count). The number of benzene rings is 1. The van der Waals surface area contributed by atoms with Gasteiger partial charge in [0.05, 0.1) is 25.8 Å². The van der Waals surface area contributed by atoms with E-state index in [4.69, 9.17) is 4.74 Å². The first-order chi connectivity index (χ1) is 8.31. The van der Waals surface area contributed by atoms with Gasteiger partial charge < -0.3 is 10.1 Å². The Morgan fingerprint density at radius 2 is 2.29 bits per heavy atom. The molecule has 1 heterocycles. The quantitative estimate of drug-likeness (QED) is 0.816. The van der Waals surface area contributed by atoms with Gasteiger partial charge in [-0.15, -0.1) is 0 Å². The molecule has 1 aromatic rings. The van der Waals surface area contributed by atoms with Crippen LogP contribution in [-0.2, 0) is 16.1 Å². The van der Waals surface area contributed by atoms with Gasteiger partial charge in [0.25, 0.3) is 0 Å². The van der Waals surface area contributed by atoms with Crippen LogP contribution in [0.3, 0.4) is 0 Å². The van der Waals surface area contributed by atoms with E-state index in [-0.39, 0.29) is 11.9 Å². The third-order valence-electron chi connectivity index (χ3n) is 2.86. The molecule has 1 aliphatic rings. The molecule has 0 fully saturated rings. The van der Waals surface area contributed by atoms with Crippen molar-refractivity contribution in [2.45, 2.75) is 19.6 Å². The monoisotopic (exact) mass is 234 g/mol. The molecule has 1 unspecified atom stereocenters. The number of carbonyl (C=O) groups is 1. The Kier molecular flexibility index (Phi) is 4.12. The maximum Gasteiger partial charge on any atom is 0.233 e. The Balaban J connectivity index is 1.97. The lowest BCUT2D eigenvalue weighted by Crippen LogP contribution is -2.38. The van der Waals surface area contributed by atoms with Crippen LogP contribution in [0.4, 0.5) is 0 Å². The highest BCUT2D eigenvalue weighted by molar-refractivity contribution is 5.77. The number of likely N-dealkylation sites (N-methyl/N-ethyl adjacent to an activating group) is 1. The van der Waals surface area contributed by atoms with Crippen molar-refractivity contribution in [1.82, 2.24) is 10.6 Å². The van der Waals surface area contributed by atoms with Gasteiger partial charge in [0.2, 0.25) is 5.91 Å². The summed E-state index contributed by atoms with van der Waals surface area (Å²) in [5.74, 6) is 0.0237. The van der Waals surface area contributed by atoms with Crippen molar-refractivity contribution in [2.24, 2.45) is 0 Å². The Labute approximate surface area is 101 Å². The minimum Gasteiger partial charge on any atom is -0.375 e. The molecule has 0 bridgehead atoms. The summed E-state index contributed by atoms with van der Waals surface area (Å²) in [4.78, 5) is 11.4. The molecule has 4 nitrogen and oxygen atoms in total. The van der Waals surface area contributed by atoms with Crippen LogP contribution in [0.1, 0.15) is 24.1 Å². The zero-order valence-electron chi connectivity index (χ0n) is 10.0. The Morgan fingerprint density at radius 3 is 3.12 bits per heavy atom. The summed E-state index contributed by atoms with van der Waals surface area (Å²) in [5, 5.41) is 5.99. The summed E-state index contributed by atoms with van der Waals surface area (Å²) in [6, 6.07) is 8.30. The van der Waals surface area contributed by atoms with Crippen LogP contribution < -0.4 is 10.6 Å². The van der Waals surface area contributed by atoms with E-state index in [9.17, 15) is 4.79 Å². The predicted molar refractivity (Wildman–Crippen MR) is 65.5 cm³/mol. The zero-order chi connectivity index (χ0) is 12.1. The summed E-state index contributed by atoms with van der Waals surface area (Å²) in [6.07, 6.45) is 0. The van der Waals surface area contributed by atoms with E-state index in [2.05, 4.69) is 22.8 Å². The number of fused-ring (bicyclic) bond motifs is 1. The van der Waals surface area contributed by atoms with E-state index in [1.165, 1.54) is 11.1 Å². The largest absolute Gasteiger partial charge is 0.375 e. The van der Waals surface area contributed by atoms with Crippen molar-refractivity contribution in [1.29, 1.82) is 0 Å². The van der Waals surface area contributed by atoms with Crippen molar-refractivity contribution in [2.75, 3.05) is 19.7 Å². The molecule has 0 saturated heterocycles. The smallest absolute Gasteiger partial charge is 0.233 e. The van der Waals surface area contributed by atoms with E-state index in [0.29, 0.717) is 26.3 Å². The molecule has 0 radical (unpaired) electrons. The highest BCUT2D eigenvalue weighted by Crippen LogP contribution is 2.23. The van der Waals surface area contributed by atoms with E-state index in [1.54, 1.807) is 0 Å². The van der Waals surface area contributed by atoms with Crippen molar-refractivity contribution < 1.29 is 9.53 Å². The molecule has 4 heteroatoms. The van der Waals surface area contributed by atoms with Gasteiger partial charge in [-0.3, -0.25) is 10.1 Å². The first kappa shape index (κ1) is 12.1. The maximum absolute atomic E-state index is 11.4. The first-order valence-corrected chi connectivity index (χ1v) is 5.97. The molecule has 1 amide bonds. The van der Waals surface area contributed by atoms with Crippen molar-refractivity contribution in [3.63, 3.8) is 0 Å². The fourth-order valence-corrected chi connectivity index (χ4v) is 2.03. The summed E-state index contributed by atoms with van der Waals surface area (Å²) < 4.78 is 5.51. The van der Waals surface area contributed by atoms with Crippen LogP contribution in [0.25, 0.3) is 0 Å². The second-order valence-corrected chi connectivity index (χ2v) is 4.10. The fourth-order valence-electron chi connectivity index (χ4n) is 2.03. The second kappa shape index (κ2) is 5.80. The molecule has 0 saturated carbocycles. The van der Waals surface area contributed by atoms with E-state index >= 15 is 0 Å². The first-order valence-electron chi connectivity index (χ1n) is 5.97. The molecular weight excluding hydrogens is 216 g/mol. The lowest BCUT2D eigenvalue weighted by molar-refractivity contribution is -0.120. The molecular formula is C13H18N2O2. The predicted octanol–water partition coefficient (Wildman–Crippen LogP) is 0.984. The number of amides is 1. The average molecular weight is 234 g/mol.